The molecule has 104 valence electrons. The summed E-state index contributed by atoms with van der Waals surface area (Å²) in [6, 6.07) is 5.12. The first kappa shape index (κ1) is 15.0. The first-order chi connectivity index (χ1) is 9.03. The zero-order chi connectivity index (χ0) is 14.4. The monoisotopic (exact) mass is 264 g/mol. The van der Waals surface area contributed by atoms with Gasteiger partial charge in [0.1, 0.15) is 0 Å². The molecule has 0 aromatic heterocycles. The molecular weight excluding hydrogens is 244 g/mol. The highest BCUT2D eigenvalue weighted by atomic mass is 16.5. The van der Waals surface area contributed by atoms with Gasteiger partial charge in [0.15, 0.2) is 0 Å². The van der Waals surface area contributed by atoms with Crippen molar-refractivity contribution in [2.75, 3.05) is 19.4 Å². The van der Waals surface area contributed by atoms with Crippen LogP contribution in [0.25, 0.3) is 0 Å². The lowest BCUT2D eigenvalue weighted by Crippen LogP contribution is -2.29. The van der Waals surface area contributed by atoms with Gasteiger partial charge in [-0.15, -0.1) is 0 Å². The average Bonchev–Trinajstić information content (AvgIpc) is 2.43. The predicted molar refractivity (Wildman–Crippen MR) is 73.6 cm³/mol. The van der Waals surface area contributed by atoms with Gasteiger partial charge in [-0.25, -0.2) is 4.79 Å². The van der Waals surface area contributed by atoms with Crippen LogP contribution in [0.2, 0.25) is 0 Å². The fraction of sp³-hybridized carbons (Fsp3) is 0.429. The SMILES string of the molecule is CCC(=O)N(CC)Cc1ccc(C(=O)OC)c(N)c1. The van der Waals surface area contributed by atoms with Crippen LogP contribution < -0.4 is 5.73 Å². The largest absolute Gasteiger partial charge is 0.465 e. The third-order valence-electron chi connectivity index (χ3n) is 2.93. The van der Waals surface area contributed by atoms with Gasteiger partial charge in [-0.3, -0.25) is 4.79 Å². The van der Waals surface area contributed by atoms with Gasteiger partial charge in [-0.1, -0.05) is 13.0 Å². The van der Waals surface area contributed by atoms with E-state index in [1.165, 1.54) is 7.11 Å². The molecule has 1 amide bonds. The van der Waals surface area contributed by atoms with Crippen LogP contribution in [0.4, 0.5) is 5.69 Å². The van der Waals surface area contributed by atoms with Crippen LogP contribution in [-0.2, 0) is 16.1 Å². The maximum absolute atomic E-state index is 11.7. The van der Waals surface area contributed by atoms with Gasteiger partial charge in [-0.2, -0.15) is 0 Å². The smallest absolute Gasteiger partial charge is 0.339 e. The van der Waals surface area contributed by atoms with Crippen molar-refractivity contribution in [2.24, 2.45) is 0 Å². The number of hydrogen-bond donors (Lipinski definition) is 1. The van der Waals surface area contributed by atoms with Crippen LogP contribution in [-0.4, -0.2) is 30.4 Å². The molecule has 0 spiro atoms. The number of nitrogens with zero attached hydrogens (tertiary/aromatic N) is 1. The molecule has 1 rings (SSSR count). The van der Waals surface area contributed by atoms with Crippen LogP contribution in [0, 0.1) is 0 Å². The van der Waals surface area contributed by atoms with Crippen molar-refractivity contribution in [3.05, 3.63) is 29.3 Å². The molecule has 0 radical (unpaired) electrons. The minimum absolute atomic E-state index is 0.0955. The minimum Gasteiger partial charge on any atom is -0.465 e. The van der Waals surface area contributed by atoms with E-state index in [4.69, 9.17) is 5.73 Å². The third-order valence-corrected chi connectivity index (χ3v) is 2.93. The lowest BCUT2D eigenvalue weighted by atomic mass is 10.1. The van der Waals surface area contributed by atoms with Gasteiger partial charge in [0.05, 0.1) is 12.7 Å². The Hall–Kier alpha value is -2.04. The number of benzene rings is 1. The Morgan fingerprint density at radius 2 is 2.00 bits per heavy atom. The van der Waals surface area contributed by atoms with E-state index < -0.39 is 5.97 Å². The number of rotatable bonds is 5. The minimum atomic E-state index is -0.457. The molecule has 0 saturated heterocycles. The second-order valence-corrected chi connectivity index (χ2v) is 4.17. The summed E-state index contributed by atoms with van der Waals surface area (Å²) in [6.45, 7) is 4.90. The first-order valence-electron chi connectivity index (χ1n) is 6.27. The van der Waals surface area contributed by atoms with Gasteiger partial charge < -0.3 is 15.4 Å². The first-order valence-corrected chi connectivity index (χ1v) is 6.27. The Kier molecular flexibility index (Phi) is 5.36. The summed E-state index contributed by atoms with van der Waals surface area (Å²) < 4.78 is 4.63. The van der Waals surface area contributed by atoms with E-state index in [1.54, 1.807) is 23.1 Å². The van der Waals surface area contributed by atoms with Crippen molar-refractivity contribution in [3.8, 4) is 0 Å². The fourth-order valence-electron chi connectivity index (χ4n) is 1.83. The highest BCUT2D eigenvalue weighted by Gasteiger charge is 2.13. The number of hydrogen-bond acceptors (Lipinski definition) is 4. The van der Waals surface area contributed by atoms with Crippen molar-refractivity contribution in [2.45, 2.75) is 26.8 Å². The quantitative estimate of drug-likeness (QED) is 0.650. The van der Waals surface area contributed by atoms with Crippen LogP contribution in [0.3, 0.4) is 0 Å². The Morgan fingerprint density at radius 3 is 2.47 bits per heavy atom. The van der Waals surface area contributed by atoms with E-state index >= 15 is 0 Å². The van der Waals surface area contributed by atoms with E-state index in [9.17, 15) is 9.59 Å². The van der Waals surface area contributed by atoms with Crippen molar-refractivity contribution < 1.29 is 14.3 Å². The fourth-order valence-corrected chi connectivity index (χ4v) is 1.83. The van der Waals surface area contributed by atoms with Gasteiger partial charge in [0.25, 0.3) is 0 Å². The molecule has 2 N–H and O–H groups in total. The number of anilines is 1. The Balaban J connectivity index is 2.89. The Bertz CT molecular complexity index is 472. The Morgan fingerprint density at radius 1 is 1.32 bits per heavy atom. The van der Waals surface area contributed by atoms with Gasteiger partial charge in [0, 0.05) is 25.2 Å². The van der Waals surface area contributed by atoms with Crippen molar-refractivity contribution in [3.63, 3.8) is 0 Å². The highest BCUT2D eigenvalue weighted by Crippen LogP contribution is 2.17. The third kappa shape index (κ3) is 3.71. The zero-order valence-electron chi connectivity index (χ0n) is 11.6. The van der Waals surface area contributed by atoms with E-state index in [1.807, 2.05) is 13.8 Å². The maximum Gasteiger partial charge on any atom is 0.339 e. The van der Waals surface area contributed by atoms with E-state index in [0.29, 0.717) is 30.8 Å². The number of esters is 1. The van der Waals surface area contributed by atoms with E-state index in [-0.39, 0.29) is 5.91 Å². The van der Waals surface area contributed by atoms with Crippen LogP contribution in [0.5, 0.6) is 0 Å². The number of amides is 1. The molecule has 1 aromatic carbocycles. The summed E-state index contributed by atoms with van der Waals surface area (Å²) in [6.07, 6.45) is 0.476. The molecule has 19 heavy (non-hydrogen) atoms. The molecule has 0 aliphatic rings. The topological polar surface area (TPSA) is 72.6 Å². The number of methoxy groups -OCH3 is 1. The lowest BCUT2D eigenvalue weighted by Gasteiger charge is -2.20. The molecule has 0 unspecified atom stereocenters. The summed E-state index contributed by atoms with van der Waals surface area (Å²) in [7, 11) is 1.31. The molecular formula is C14H20N2O3. The number of nitrogen functional groups attached to an aromatic ring is 1. The van der Waals surface area contributed by atoms with Crippen LogP contribution in [0.1, 0.15) is 36.2 Å². The normalized spacial score (nSPS) is 10.1. The van der Waals surface area contributed by atoms with Gasteiger partial charge >= 0.3 is 5.97 Å². The van der Waals surface area contributed by atoms with E-state index in [2.05, 4.69) is 4.74 Å². The summed E-state index contributed by atoms with van der Waals surface area (Å²) in [4.78, 5) is 24.8. The van der Waals surface area contributed by atoms with E-state index in [0.717, 1.165) is 5.56 Å². The summed E-state index contributed by atoms with van der Waals surface area (Å²) in [5, 5.41) is 0. The van der Waals surface area contributed by atoms with Crippen molar-refractivity contribution >= 4 is 17.6 Å². The average molecular weight is 264 g/mol. The van der Waals surface area contributed by atoms with Crippen LogP contribution >= 0.6 is 0 Å². The van der Waals surface area contributed by atoms with Gasteiger partial charge in [0.2, 0.25) is 5.91 Å². The lowest BCUT2D eigenvalue weighted by molar-refractivity contribution is -0.131. The molecule has 0 atom stereocenters. The molecule has 0 fully saturated rings. The molecule has 1 aromatic rings. The predicted octanol–water partition coefficient (Wildman–Crippen LogP) is 1.81. The van der Waals surface area contributed by atoms with Crippen molar-refractivity contribution in [1.82, 2.24) is 4.90 Å². The number of ether oxygens (including phenoxy) is 1. The summed E-state index contributed by atoms with van der Waals surface area (Å²) >= 11 is 0. The second kappa shape index (κ2) is 6.78. The molecule has 5 heteroatoms. The standard InChI is InChI=1S/C14H20N2O3/c1-4-13(17)16(5-2)9-10-6-7-11(12(15)8-10)14(18)19-3/h6-8H,4-5,9,15H2,1-3H3. The summed E-state index contributed by atoms with van der Waals surface area (Å²) in [5.41, 5.74) is 7.43. The number of nitrogens with two attached hydrogens (primary N) is 1. The summed E-state index contributed by atoms with van der Waals surface area (Å²) in [5.74, 6) is -0.362. The van der Waals surface area contributed by atoms with Gasteiger partial charge in [-0.05, 0) is 24.6 Å². The number of carbonyl (C=O) groups excluding carboxylic acids is 2. The molecule has 5 nitrogen and oxygen atoms in total. The Labute approximate surface area is 113 Å². The number of carbonyl (C=O) groups is 2. The second-order valence-electron chi connectivity index (χ2n) is 4.17. The molecule has 0 heterocycles. The molecule has 0 aliphatic carbocycles. The molecule has 0 aliphatic heterocycles. The highest BCUT2D eigenvalue weighted by molar-refractivity contribution is 5.95. The zero-order valence-corrected chi connectivity index (χ0v) is 11.6. The van der Waals surface area contributed by atoms with Crippen molar-refractivity contribution in [1.29, 1.82) is 0 Å². The molecule has 0 bridgehead atoms. The maximum atomic E-state index is 11.7. The molecule has 0 saturated carbocycles. The van der Waals surface area contributed by atoms with Crippen LogP contribution in [0.15, 0.2) is 18.2 Å².